The number of rotatable bonds is 3. The Kier molecular flexibility index (Phi) is 4.32. The first kappa shape index (κ1) is 16.3. The summed E-state index contributed by atoms with van der Waals surface area (Å²) in [7, 11) is -0.470. The first-order valence-corrected chi connectivity index (χ1v) is 10.3. The van der Waals surface area contributed by atoms with Crippen molar-refractivity contribution < 1.29 is 0 Å². The highest BCUT2D eigenvalue weighted by Crippen LogP contribution is 2.56. The lowest BCUT2D eigenvalue weighted by Crippen LogP contribution is -2.16. The van der Waals surface area contributed by atoms with Gasteiger partial charge in [0.25, 0.3) is 0 Å². The third-order valence-corrected chi connectivity index (χ3v) is 7.79. The van der Waals surface area contributed by atoms with Gasteiger partial charge in [0.1, 0.15) is 0 Å². The number of hydrogen-bond donors (Lipinski definition) is 0. The number of allylic oxidation sites excluding steroid dienone is 2. The van der Waals surface area contributed by atoms with Crippen LogP contribution in [0.1, 0.15) is 34.8 Å². The smallest absolute Gasteiger partial charge is 0.0316 e. The monoisotopic (exact) mass is 342 g/mol. The van der Waals surface area contributed by atoms with Crippen molar-refractivity contribution in [2.75, 3.05) is 0 Å². The Bertz CT molecular complexity index is 884. The van der Waals surface area contributed by atoms with Gasteiger partial charge in [-0.25, -0.2) is 0 Å². The molecule has 0 saturated heterocycles. The van der Waals surface area contributed by atoms with Gasteiger partial charge in [0.15, 0.2) is 0 Å². The third kappa shape index (κ3) is 2.86. The van der Waals surface area contributed by atoms with Crippen molar-refractivity contribution in [3.63, 3.8) is 0 Å². The topological polar surface area (TPSA) is 0 Å². The third-order valence-electron chi connectivity index (χ3n) is 5.12. The van der Waals surface area contributed by atoms with Gasteiger partial charge in [0.05, 0.1) is 0 Å². The van der Waals surface area contributed by atoms with Crippen LogP contribution in [0.5, 0.6) is 0 Å². The van der Waals surface area contributed by atoms with Gasteiger partial charge >= 0.3 is 0 Å². The lowest BCUT2D eigenvalue weighted by molar-refractivity contribution is 1.18. The molecule has 0 aromatic heterocycles. The number of benzene rings is 3. The first-order chi connectivity index (χ1) is 12.2. The molecule has 4 rings (SSSR count). The Morgan fingerprint density at radius 2 is 1.16 bits per heavy atom. The Hall–Kier alpha value is -2.17. The molecule has 0 saturated carbocycles. The summed E-state index contributed by atoms with van der Waals surface area (Å²) in [6, 6.07) is 26.6. The molecule has 0 spiro atoms. The Morgan fingerprint density at radius 3 is 1.72 bits per heavy atom. The highest BCUT2D eigenvalue weighted by atomic mass is 31.1. The van der Waals surface area contributed by atoms with E-state index in [9.17, 15) is 0 Å². The van der Waals surface area contributed by atoms with Crippen LogP contribution in [0.2, 0.25) is 0 Å². The molecular formula is C24H23P. The molecule has 0 bridgehead atoms. The lowest BCUT2D eigenvalue weighted by atomic mass is 9.97. The summed E-state index contributed by atoms with van der Waals surface area (Å²) >= 11 is 0. The fourth-order valence-electron chi connectivity index (χ4n) is 3.99. The molecule has 1 unspecified atom stereocenters. The molecule has 0 heterocycles. The molecule has 1 aliphatic rings. The van der Waals surface area contributed by atoms with Crippen LogP contribution in [0, 0.1) is 13.8 Å². The standard InChI is InChI=1S/C24H23P/c1-17-14-15-18(2)24-22(16-19(3)23(17)24)25(20-10-6-4-7-11-20)21-12-8-5-9-13-21/h4-16,22H,1-3H3. The molecule has 3 aromatic carbocycles. The van der Waals surface area contributed by atoms with Gasteiger partial charge in [-0.2, -0.15) is 0 Å². The molecule has 0 aliphatic heterocycles. The second-order valence-electron chi connectivity index (χ2n) is 6.82. The number of hydrogen-bond acceptors (Lipinski definition) is 0. The first-order valence-electron chi connectivity index (χ1n) is 8.85. The van der Waals surface area contributed by atoms with E-state index >= 15 is 0 Å². The largest absolute Gasteiger partial charge is 0.0685 e. The average Bonchev–Trinajstić information content (AvgIpc) is 2.99. The predicted octanol–water partition coefficient (Wildman–Crippen LogP) is 5.89. The molecule has 1 heteroatoms. The van der Waals surface area contributed by atoms with Crippen LogP contribution in [-0.2, 0) is 0 Å². The Morgan fingerprint density at radius 1 is 0.640 bits per heavy atom. The molecule has 1 aliphatic carbocycles. The van der Waals surface area contributed by atoms with E-state index in [0.29, 0.717) is 5.66 Å². The van der Waals surface area contributed by atoms with E-state index in [2.05, 4.69) is 99.6 Å². The SMILES string of the molecule is CC1=CC(P(c2ccccc2)c2ccccc2)c2c(C)ccc(C)c21. The molecule has 0 fully saturated rings. The van der Waals surface area contributed by atoms with Crippen molar-refractivity contribution in [3.05, 3.63) is 101 Å². The zero-order valence-electron chi connectivity index (χ0n) is 15.0. The molecule has 124 valence electrons. The van der Waals surface area contributed by atoms with E-state index in [4.69, 9.17) is 0 Å². The minimum absolute atomic E-state index is 0.453. The van der Waals surface area contributed by atoms with Gasteiger partial charge in [-0.15, -0.1) is 0 Å². The van der Waals surface area contributed by atoms with Crippen LogP contribution >= 0.6 is 7.92 Å². The summed E-state index contributed by atoms with van der Waals surface area (Å²) in [6.07, 6.45) is 2.51. The quantitative estimate of drug-likeness (QED) is 0.520. The minimum Gasteiger partial charge on any atom is -0.0685 e. The highest BCUT2D eigenvalue weighted by molar-refractivity contribution is 7.73. The molecule has 3 aromatic rings. The average molecular weight is 342 g/mol. The summed E-state index contributed by atoms with van der Waals surface area (Å²) in [6.45, 7) is 6.78. The van der Waals surface area contributed by atoms with Crippen molar-refractivity contribution in [1.82, 2.24) is 0 Å². The van der Waals surface area contributed by atoms with E-state index in [-0.39, 0.29) is 0 Å². The molecule has 25 heavy (non-hydrogen) atoms. The Labute approximate surface area is 152 Å². The zero-order chi connectivity index (χ0) is 17.4. The van der Waals surface area contributed by atoms with Gasteiger partial charge < -0.3 is 0 Å². The number of aryl methyl sites for hydroxylation is 2. The zero-order valence-corrected chi connectivity index (χ0v) is 15.9. The van der Waals surface area contributed by atoms with E-state index < -0.39 is 7.92 Å². The molecule has 1 atom stereocenters. The molecular weight excluding hydrogens is 319 g/mol. The minimum atomic E-state index is -0.470. The van der Waals surface area contributed by atoms with Crippen LogP contribution in [0.4, 0.5) is 0 Å². The van der Waals surface area contributed by atoms with Crippen LogP contribution in [0.25, 0.3) is 5.57 Å². The van der Waals surface area contributed by atoms with Gasteiger partial charge in [-0.05, 0) is 67.1 Å². The van der Waals surface area contributed by atoms with Crippen molar-refractivity contribution in [2.24, 2.45) is 0 Å². The molecule has 0 radical (unpaired) electrons. The highest BCUT2D eigenvalue weighted by Gasteiger charge is 2.32. The van der Waals surface area contributed by atoms with Crippen molar-refractivity contribution in [2.45, 2.75) is 26.4 Å². The molecule has 0 N–H and O–H groups in total. The van der Waals surface area contributed by atoms with Gasteiger partial charge in [-0.3, -0.25) is 0 Å². The molecule has 0 nitrogen and oxygen atoms in total. The summed E-state index contributed by atoms with van der Waals surface area (Å²) in [5.74, 6) is 0. The maximum absolute atomic E-state index is 2.51. The summed E-state index contributed by atoms with van der Waals surface area (Å²) in [5, 5.41) is 2.90. The lowest BCUT2D eigenvalue weighted by Gasteiger charge is -2.27. The Balaban J connectivity index is 1.93. The second-order valence-corrected chi connectivity index (χ2v) is 9.15. The van der Waals surface area contributed by atoms with E-state index in [1.807, 2.05) is 0 Å². The fraction of sp³-hybridized carbons (Fsp3) is 0.167. The van der Waals surface area contributed by atoms with Crippen LogP contribution < -0.4 is 10.6 Å². The van der Waals surface area contributed by atoms with E-state index in [1.54, 1.807) is 0 Å². The second kappa shape index (κ2) is 6.62. The van der Waals surface area contributed by atoms with E-state index in [0.717, 1.165) is 0 Å². The summed E-state index contributed by atoms with van der Waals surface area (Å²) in [5.41, 5.74) is 7.71. The predicted molar refractivity (Wildman–Crippen MR) is 111 cm³/mol. The van der Waals surface area contributed by atoms with Crippen LogP contribution in [-0.4, -0.2) is 0 Å². The van der Waals surface area contributed by atoms with Gasteiger partial charge in [0.2, 0.25) is 0 Å². The van der Waals surface area contributed by atoms with Crippen LogP contribution in [0.15, 0.2) is 78.9 Å². The number of fused-ring (bicyclic) bond motifs is 1. The summed E-state index contributed by atoms with van der Waals surface area (Å²) < 4.78 is 0. The fourth-order valence-corrected chi connectivity index (χ4v) is 6.88. The normalized spacial score (nSPS) is 16.0. The van der Waals surface area contributed by atoms with Crippen molar-refractivity contribution in [3.8, 4) is 0 Å². The maximum atomic E-state index is 2.51. The van der Waals surface area contributed by atoms with Crippen molar-refractivity contribution in [1.29, 1.82) is 0 Å². The van der Waals surface area contributed by atoms with Crippen molar-refractivity contribution >= 4 is 24.1 Å². The van der Waals surface area contributed by atoms with Gasteiger partial charge in [-0.1, -0.05) is 78.9 Å². The maximum Gasteiger partial charge on any atom is 0.0316 e. The van der Waals surface area contributed by atoms with Crippen LogP contribution in [0.3, 0.4) is 0 Å². The van der Waals surface area contributed by atoms with E-state index in [1.165, 1.54) is 38.4 Å². The van der Waals surface area contributed by atoms with Gasteiger partial charge in [0, 0.05) is 5.66 Å². The molecule has 0 amide bonds. The summed E-state index contributed by atoms with van der Waals surface area (Å²) in [4.78, 5) is 0.